The van der Waals surface area contributed by atoms with E-state index in [1.54, 1.807) is 6.07 Å². The van der Waals surface area contributed by atoms with Gasteiger partial charge in [0, 0.05) is 41.6 Å². The summed E-state index contributed by atoms with van der Waals surface area (Å²) in [6, 6.07) is 5.58. The summed E-state index contributed by atoms with van der Waals surface area (Å²) in [6.07, 6.45) is 7.88. The highest BCUT2D eigenvalue weighted by Crippen LogP contribution is 2.27. The number of carbonyl (C=O) groups excluding carboxylic acids is 1. The number of hydrogen-bond acceptors (Lipinski definition) is 4. The molecule has 0 aliphatic carbocycles. The van der Waals surface area contributed by atoms with Crippen molar-refractivity contribution in [1.29, 1.82) is 0 Å². The van der Waals surface area contributed by atoms with Crippen molar-refractivity contribution in [1.82, 2.24) is 25.2 Å². The van der Waals surface area contributed by atoms with E-state index in [9.17, 15) is 4.79 Å². The Labute approximate surface area is 163 Å². The van der Waals surface area contributed by atoms with Gasteiger partial charge in [-0.2, -0.15) is 0 Å². The van der Waals surface area contributed by atoms with Crippen LogP contribution in [0, 0.1) is 6.92 Å². The zero-order chi connectivity index (χ0) is 18.8. The van der Waals surface area contributed by atoms with Gasteiger partial charge in [-0.15, -0.1) is 0 Å². The van der Waals surface area contributed by atoms with Crippen molar-refractivity contribution >= 4 is 28.4 Å². The summed E-state index contributed by atoms with van der Waals surface area (Å²) < 4.78 is 0. The second-order valence-corrected chi connectivity index (χ2v) is 7.28. The van der Waals surface area contributed by atoms with Crippen LogP contribution in [-0.4, -0.2) is 45.4 Å². The second kappa shape index (κ2) is 7.66. The molecule has 1 aromatic carbocycles. The van der Waals surface area contributed by atoms with Gasteiger partial charge in [0.05, 0.1) is 16.6 Å². The van der Waals surface area contributed by atoms with Gasteiger partial charge in [0.2, 0.25) is 0 Å². The molecule has 1 aliphatic rings. The fourth-order valence-corrected chi connectivity index (χ4v) is 3.96. The molecular weight excluding hydrogens is 362 g/mol. The summed E-state index contributed by atoms with van der Waals surface area (Å²) in [4.78, 5) is 26.9. The Hall–Kier alpha value is -2.44. The third-order valence-corrected chi connectivity index (χ3v) is 5.54. The molecule has 6 nitrogen and oxygen atoms in total. The Morgan fingerprint density at radius 3 is 2.74 bits per heavy atom. The average molecular weight is 384 g/mol. The number of nitrogens with zero attached hydrogens (tertiary/aromatic N) is 3. The number of aromatic nitrogens is 3. The van der Waals surface area contributed by atoms with Crippen molar-refractivity contribution in [3.63, 3.8) is 0 Å². The molecule has 0 spiro atoms. The molecule has 27 heavy (non-hydrogen) atoms. The second-order valence-electron chi connectivity index (χ2n) is 6.90. The Morgan fingerprint density at radius 2 is 2.00 bits per heavy atom. The molecule has 2 aromatic heterocycles. The third kappa shape index (κ3) is 3.68. The summed E-state index contributed by atoms with van der Waals surface area (Å²) in [5.74, 6) is 0.579. The van der Waals surface area contributed by atoms with Gasteiger partial charge in [-0.05, 0) is 51.1 Å². The van der Waals surface area contributed by atoms with Crippen LogP contribution in [0.2, 0.25) is 5.02 Å². The molecule has 3 heterocycles. The first-order valence-electron chi connectivity index (χ1n) is 9.20. The maximum Gasteiger partial charge on any atom is 0.252 e. The number of nitrogens with one attached hydrogen (secondary N) is 2. The van der Waals surface area contributed by atoms with Crippen molar-refractivity contribution in [2.45, 2.75) is 25.8 Å². The molecule has 3 aromatic rings. The number of rotatable bonds is 5. The Morgan fingerprint density at radius 1 is 1.26 bits per heavy atom. The van der Waals surface area contributed by atoms with Gasteiger partial charge in [0.25, 0.3) is 5.91 Å². The molecule has 2 N–H and O–H groups in total. The lowest BCUT2D eigenvalue weighted by atomic mass is 10.1. The van der Waals surface area contributed by atoms with E-state index in [2.05, 4.69) is 25.2 Å². The molecule has 140 valence electrons. The van der Waals surface area contributed by atoms with Crippen LogP contribution in [0.5, 0.6) is 0 Å². The van der Waals surface area contributed by atoms with Crippen molar-refractivity contribution in [3.8, 4) is 0 Å². The number of amides is 1. The molecule has 1 unspecified atom stereocenters. The van der Waals surface area contributed by atoms with E-state index < -0.39 is 0 Å². The van der Waals surface area contributed by atoms with Crippen LogP contribution in [0.15, 0.2) is 36.8 Å². The van der Waals surface area contributed by atoms with Crippen LogP contribution in [0.3, 0.4) is 0 Å². The van der Waals surface area contributed by atoms with Gasteiger partial charge in [-0.25, -0.2) is 9.97 Å². The highest BCUT2D eigenvalue weighted by molar-refractivity contribution is 6.38. The lowest BCUT2D eigenvalue weighted by Gasteiger charge is -2.27. The Kier molecular flexibility index (Phi) is 5.09. The number of carbonyl (C=O) groups is 1. The molecule has 1 amide bonds. The molecule has 0 radical (unpaired) electrons. The lowest BCUT2D eigenvalue weighted by molar-refractivity contribution is 0.0938. The molecule has 0 bridgehead atoms. The largest absolute Gasteiger partial charge is 0.361 e. The normalized spacial score (nSPS) is 15.9. The van der Waals surface area contributed by atoms with Crippen LogP contribution < -0.4 is 5.32 Å². The predicted molar refractivity (Wildman–Crippen MR) is 106 cm³/mol. The van der Waals surface area contributed by atoms with Gasteiger partial charge >= 0.3 is 0 Å². The third-order valence-electron chi connectivity index (χ3n) is 5.14. The molecular formula is C20H22ClN5O. The zero-order valence-corrected chi connectivity index (χ0v) is 16.0. The lowest BCUT2D eigenvalue weighted by Crippen LogP contribution is -2.37. The van der Waals surface area contributed by atoms with E-state index in [0.29, 0.717) is 17.1 Å². The van der Waals surface area contributed by atoms with Gasteiger partial charge in [-0.1, -0.05) is 11.6 Å². The number of fused-ring (bicyclic) bond motifs is 1. The van der Waals surface area contributed by atoms with E-state index >= 15 is 0 Å². The molecule has 0 saturated carbocycles. The van der Waals surface area contributed by atoms with E-state index in [1.807, 2.05) is 37.6 Å². The van der Waals surface area contributed by atoms with Gasteiger partial charge in [-0.3, -0.25) is 9.69 Å². The van der Waals surface area contributed by atoms with Crippen LogP contribution in [0.25, 0.3) is 10.9 Å². The summed E-state index contributed by atoms with van der Waals surface area (Å²) in [5.41, 5.74) is 2.43. The van der Waals surface area contributed by atoms with E-state index in [-0.39, 0.29) is 11.9 Å². The number of aromatic amines is 1. The molecule has 1 saturated heterocycles. The first kappa shape index (κ1) is 17.9. The minimum Gasteiger partial charge on any atom is -0.361 e. The highest BCUT2D eigenvalue weighted by Gasteiger charge is 2.25. The zero-order valence-electron chi connectivity index (χ0n) is 15.2. The molecule has 1 aliphatic heterocycles. The maximum atomic E-state index is 12.8. The molecule has 1 atom stereocenters. The van der Waals surface area contributed by atoms with Crippen LogP contribution in [0.4, 0.5) is 0 Å². The van der Waals surface area contributed by atoms with Crippen molar-refractivity contribution in [2.75, 3.05) is 19.6 Å². The van der Waals surface area contributed by atoms with Crippen LogP contribution in [-0.2, 0) is 0 Å². The fraction of sp³-hybridized carbons (Fsp3) is 0.350. The quantitative estimate of drug-likeness (QED) is 0.707. The standard InChI is InChI=1S/C20H22ClN5O/c1-13-23-10-14(11-24-13)18(26-8-2-3-9-26)12-25-20(27)16-4-5-17-15(19(16)21)6-7-22-17/h4-7,10-11,18,22H,2-3,8-9,12H2,1H3,(H,25,27). The highest BCUT2D eigenvalue weighted by atomic mass is 35.5. The SMILES string of the molecule is Cc1ncc(C(CNC(=O)c2ccc3[nH]ccc3c2Cl)N2CCCC2)cn1. The monoisotopic (exact) mass is 383 g/mol. The Balaban J connectivity index is 1.53. The first-order chi connectivity index (χ1) is 13.1. The Bertz CT molecular complexity index is 947. The fourth-order valence-electron chi connectivity index (χ4n) is 3.64. The van der Waals surface area contributed by atoms with E-state index in [4.69, 9.17) is 11.6 Å². The number of halogens is 1. The van der Waals surface area contributed by atoms with Crippen molar-refractivity contribution in [3.05, 3.63) is 58.8 Å². The minimum absolute atomic E-state index is 0.0619. The smallest absolute Gasteiger partial charge is 0.252 e. The molecule has 7 heteroatoms. The summed E-state index contributed by atoms with van der Waals surface area (Å²) in [7, 11) is 0. The molecule has 1 fully saturated rings. The van der Waals surface area contributed by atoms with Crippen molar-refractivity contribution < 1.29 is 4.79 Å². The number of aryl methyl sites for hydroxylation is 1. The number of likely N-dealkylation sites (tertiary alicyclic amines) is 1. The van der Waals surface area contributed by atoms with Gasteiger partial charge < -0.3 is 10.3 Å². The average Bonchev–Trinajstić information content (AvgIpc) is 3.35. The predicted octanol–water partition coefficient (Wildman–Crippen LogP) is 3.49. The van der Waals surface area contributed by atoms with Crippen molar-refractivity contribution in [2.24, 2.45) is 0 Å². The minimum atomic E-state index is -0.166. The number of hydrogen-bond donors (Lipinski definition) is 2. The summed E-state index contributed by atoms with van der Waals surface area (Å²) in [6.45, 7) is 4.40. The van der Waals surface area contributed by atoms with Gasteiger partial charge in [0.1, 0.15) is 5.82 Å². The summed E-state index contributed by atoms with van der Waals surface area (Å²) >= 11 is 6.44. The van der Waals surface area contributed by atoms with E-state index in [0.717, 1.165) is 35.4 Å². The first-order valence-corrected chi connectivity index (χ1v) is 9.57. The van der Waals surface area contributed by atoms with Gasteiger partial charge in [0.15, 0.2) is 0 Å². The number of H-pyrrole nitrogens is 1. The molecule has 4 rings (SSSR count). The van der Waals surface area contributed by atoms with Crippen LogP contribution in [0.1, 0.15) is 40.6 Å². The van der Waals surface area contributed by atoms with Crippen LogP contribution >= 0.6 is 11.6 Å². The topological polar surface area (TPSA) is 73.9 Å². The number of benzene rings is 1. The summed E-state index contributed by atoms with van der Waals surface area (Å²) in [5, 5.41) is 4.38. The van der Waals surface area contributed by atoms with E-state index in [1.165, 1.54) is 12.8 Å². The maximum absolute atomic E-state index is 12.8.